The molecule has 0 aliphatic carbocycles. The van der Waals surface area contributed by atoms with Crippen molar-refractivity contribution in [1.29, 1.82) is 0 Å². The first-order valence-electron chi connectivity index (χ1n) is 8.99. The van der Waals surface area contributed by atoms with Crippen molar-refractivity contribution in [2.75, 3.05) is 20.6 Å². The van der Waals surface area contributed by atoms with Gasteiger partial charge in [0.2, 0.25) is 0 Å². The van der Waals surface area contributed by atoms with Gasteiger partial charge < -0.3 is 4.90 Å². The van der Waals surface area contributed by atoms with Crippen LogP contribution in [0.1, 0.15) is 21.1 Å². The maximum absolute atomic E-state index is 13.5. The van der Waals surface area contributed by atoms with E-state index in [0.29, 0.717) is 0 Å². The van der Waals surface area contributed by atoms with Crippen LogP contribution in [0.2, 0.25) is 0 Å². The third-order valence-electron chi connectivity index (χ3n) is 4.57. The van der Waals surface area contributed by atoms with Crippen LogP contribution in [0.4, 0.5) is 4.39 Å². The molecular weight excluding hydrogens is 361 g/mol. The molecule has 140 valence electrons. The zero-order valence-electron chi connectivity index (χ0n) is 15.5. The van der Waals surface area contributed by atoms with Crippen LogP contribution in [-0.4, -0.2) is 45.6 Å². The summed E-state index contributed by atoms with van der Waals surface area (Å²) in [6.45, 7) is 3.53. The van der Waals surface area contributed by atoms with Crippen molar-refractivity contribution in [2.24, 2.45) is 0 Å². The molecule has 5 nitrogen and oxygen atoms in total. The van der Waals surface area contributed by atoms with Gasteiger partial charge >= 0.3 is 0 Å². The van der Waals surface area contributed by atoms with Crippen molar-refractivity contribution in [1.82, 2.24) is 25.0 Å². The molecule has 0 spiro atoms. The van der Waals surface area contributed by atoms with E-state index in [4.69, 9.17) is 0 Å². The Balaban J connectivity index is 1.49. The van der Waals surface area contributed by atoms with Crippen molar-refractivity contribution in [3.05, 3.63) is 63.5 Å². The van der Waals surface area contributed by atoms with E-state index in [0.717, 1.165) is 54.6 Å². The second-order valence-electron chi connectivity index (χ2n) is 7.13. The highest BCUT2D eigenvalue weighted by Gasteiger charge is 2.20. The van der Waals surface area contributed by atoms with Crippen LogP contribution in [-0.2, 0) is 26.1 Å². The lowest BCUT2D eigenvalue weighted by Crippen LogP contribution is -2.30. The summed E-state index contributed by atoms with van der Waals surface area (Å²) >= 11 is 1.77. The fourth-order valence-electron chi connectivity index (χ4n) is 3.31. The quantitative estimate of drug-likeness (QED) is 0.676. The Labute approximate surface area is 162 Å². The van der Waals surface area contributed by atoms with E-state index in [1.807, 2.05) is 18.3 Å². The number of rotatable bonds is 5. The van der Waals surface area contributed by atoms with E-state index < -0.39 is 0 Å². The van der Waals surface area contributed by atoms with Crippen LogP contribution in [0, 0.1) is 5.82 Å². The molecule has 0 saturated carbocycles. The van der Waals surface area contributed by atoms with Gasteiger partial charge in [0, 0.05) is 42.7 Å². The Morgan fingerprint density at radius 3 is 2.93 bits per heavy atom. The monoisotopic (exact) mass is 383 g/mol. The van der Waals surface area contributed by atoms with Gasteiger partial charge in [0.25, 0.3) is 0 Å². The predicted molar refractivity (Wildman–Crippen MR) is 105 cm³/mol. The number of benzene rings is 1. The van der Waals surface area contributed by atoms with Gasteiger partial charge in [-0.3, -0.25) is 4.90 Å². The molecule has 4 rings (SSSR count). The van der Waals surface area contributed by atoms with Gasteiger partial charge in [0.1, 0.15) is 10.8 Å². The first kappa shape index (κ1) is 18.2. The smallest absolute Gasteiger partial charge is 0.123 e. The third kappa shape index (κ3) is 4.37. The molecule has 1 aromatic carbocycles. The highest BCUT2D eigenvalue weighted by atomic mass is 32.1. The molecule has 2 aromatic heterocycles. The Hall–Kier alpha value is -2.22. The van der Waals surface area contributed by atoms with Gasteiger partial charge in [-0.2, -0.15) is 10.2 Å². The number of fused-ring (bicyclic) bond motifs is 1. The van der Waals surface area contributed by atoms with E-state index in [-0.39, 0.29) is 5.82 Å². The molecule has 0 unspecified atom stereocenters. The molecule has 0 bridgehead atoms. The number of aromatic nitrogens is 3. The highest BCUT2D eigenvalue weighted by Crippen LogP contribution is 2.25. The molecule has 1 aliphatic rings. The lowest BCUT2D eigenvalue weighted by Gasteiger charge is -2.27. The lowest BCUT2D eigenvalue weighted by atomic mass is 10.0. The topological polar surface area (TPSA) is 45.2 Å². The van der Waals surface area contributed by atoms with Gasteiger partial charge in [0.05, 0.1) is 17.9 Å². The van der Waals surface area contributed by atoms with Crippen molar-refractivity contribution >= 4 is 11.3 Å². The fourth-order valence-corrected chi connectivity index (χ4v) is 4.39. The summed E-state index contributed by atoms with van der Waals surface area (Å²) in [5.74, 6) is -0.258. The van der Waals surface area contributed by atoms with Gasteiger partial charge in [-0.05, 0) is 37.9 Å². The van der Waals surface area contributed by atoms with Gasteiger partial charge in [-0.25, -0.2) is 9.37 Å². The molecule has 7 heteroatoms. The third-order valence-corrected chi connectivity index (χ3v) is 5.54. The van der Waals surface area contributed by atoms with Crippen LogP contribution in [0.5, 0.6) is 0 Å². The summed E-state index contributed by atoms with van der Waals surface area (Å²) < 4.78 is 13.5. The van der Waals surface area contributed by atoms with Crippen molar-refractivity contribution in [3.8, 4) is 11.3 Å². The molecule has 3 aromatic rings. The van der Waals surface area contributed by atoms with Gasteiger partial charge in [0.15, 0.2) is 0 Å². The molecule has 0 radical (unpaired) electrons. The Bertz CT molecular complexity index is 940. The number of thiazole rings is 1. The summed E-state index contributed by atoms with van der Waals surface area (Å²) in [5, 5.41) is 9.82. The van der Waals surface area contributed by atoms with E-state index in [2.05, 4.69) is 39.1 Å². The number of hydrogen-bond acceptors (Lipinski definition) is 6. The van der Waals surface area contributed by atoms with Crippen molar-refractivity contribution in [3.63, 3.8) is 0 Å². The average molecular weight is 383 g/mol. The molecule has 0 fully saturated rings. The summed E-state index contributed by atoms with van der Waals surface area (Å²) in [6.07, 6.45) is 2.85. The zero-order valence-corrected chi connectivity index (χ0v) is 16.3. The van der Waals surface area contributed by atoms with Gasteiger partial charge in [-0.1, -0.05) is 12.1 Å². The highest BCUT2D eigenvalue weighted by molar-refractivity contribution is 7.11. The summed E-state index contributed by atoms with van der Waals surface area (Å²) in [5.41, 5.74) is 3.69. The minimum absolute atomic E-state index is 0.258. The summed E-state index contributed by atoms with van der Waals surface area (Å²) in [4.78, 5) is 10.4. The summed E-state index contributed by atoms with van der Waals surface area (Å²) in [6, 6.07) is 8.55. The molecule has 0 amide bonds. The maximum Gasteiger partial charge on any atom is 0.123 e. The Morgan fingerprint density at radius 1 is 1.22 bits per heavy atom. The Kier molecular flexibility index (Phi) is 5.24. The van der Waals surface area contributed by atoms with Crippen LogP contribution >= 0.6 is 11.3 Å². The first-order chi connectivity index (χ1) is 13.1. The normalized spacial score (nSPS) is 14.5. The number of nitrogens with zero attached hydrogens (tertiary/aromatic N) is 5. The van der Waals surface area contributed by atoms with E-state index in [1.54, 1.807) is 17.4 Å². The van der Waals surface area contributed by atoms with Crippen LogP contribution in [0.25, 0.3) is 11.3 Å². The van der Waals surface area contributed by atoms with Crippen LogP contribution in [0.15, 0.2) is 36.5 Å². The SMILES string of the molecule is CN(C)Cc1cnc(CN2CCc3nnc(-c4cccc(F)c4)cc3C2)s1. The minimum Gasteiger partial charge on any atom is -0.304 e. The average Bonchev–Trinajstić information content (AvgIpc) is 3.07. The maximum atomic E-state index is 13.5. The zero-order chi connectivity index (χ0) is 18.8. The predicted octanol–water partition coefficient (Wildman–Crippen LogP) is 3.36. The Morgan fingerprint density at radius 2 is 2.11 bits per heavy atom. The number of hydrogen-bond donors (Lipinski definition) is 0. The van der Waals surface area contributed by atoms with E-state index in [1.165, 1.54) is 22.6 Å². The molecule has 0 atom stereocenters. The minimum atomic E-state index is -0.258. The summed E-state index contributed by atoms with van der Waals surface area (Å²) in [7, 11) is 4.14. The first-order valence-corrected chi connectivity index (χ1v) is 9.80. The molecule has 0 N–H and O–H groups in total. The van der Waals surface area contributed by atoms with Crippen LogP contribution < -0.4 is 0 Å². The molecule has 1 aliphatic heterocycles. The standard InChI is InChI=1S/C20H22FN5S/c1-25(2)12-17-10-22-20(27-17)13-26-7-6-18-15(11-26)9-19(24-23-18)14-4-3-5-16(21)8-14/h3-5,8-10H,6-7,11-13H2,1-2H3. The lowest BCUT2D eigenvalue weighted by molar-refractivity contribution is 0.242. The second kappa shape index (κ2) is 7.80. The molecular formula is C20H22FN5S. The van der Waals surface area contributed by atoms with E-state index >= 15 is 0 Å². The molecule has 0 saturated heterocycles. The largest absolute Gasteiger partial charge is 0.304 e. The van der Waals surface area contributed by atoms with Crippen LogP contribution in [0.3, 0.4) is 0 Å². The second-order valence-corrected chi connectivity index (χ2v) is 8.33. The number of halogens is 1. The van der Waals surface area contributed by atoms with E-state index in [9.17, 15) is 4.39 Å². The van der Waals surface area contributed by atoms with Gasteiger partial charge in [-0.15, -0.1) is 11.3 Å². The van der Waals surface area contributed by atoms with Crippen molar-refractivity contribution < 1.29 is 4.39 Å². The van der Waals surface area contributed by atoms with Crippen molar-refractivity contribution in [2.45, 2.75) is 26.1 Å². The fraction of sp³-hybridized carbons (Fsp3) is 0.350. The molecule has 3 heterocycles. The molecule has 27 heavy (non-hydrogen) atoms.